The van der Waals surface area contributed by atoms with Crippen molar-refractivity contribution in [1.29, 1.82) is 0 Å². The van der Waals surface area contributed by atoms with Crippen molar-refractivity contribution in [2.75, 3.05) is 31.6 Å². The molecule has 1 atom stereocenters. The molecule has 1 saturated heterocycles. The van der Waals surface area contributed by atoms with Crippen LogP contribution in [0, 0.1) is 16.0 Å². The highest BCUT2D eigenvalue weighted by molar-refractivity contribution is 7.22. The van der Waals surface area contributed by atoms with Gasteiger partial charge < -0.3 is 14.5 Å². The molecule has 0 saturated carbocycles. The number of amides is 1. The molecule has 9 heteroatoms. The molecule has 1 amide bonds. The van der Waals surface area contributed by atoms with Crippen LogP contribution in [-0.2, 0) is 4.74 Å². The summed E-state index contributed by atoms with van der Waals surface area (Å²) in [5.41, 5.74) is 0.193. The number of ether oxygens (including phenoxy) is 1. The minimum atomic E-state index is -0.491. The molecule has 2 aromatic rings. The van der Waals surface area contributed by atoms with Crippen molar-refractivity contribution in [3.8, 4) is 0 Å². The van der Waals surface area contributed by atoms with Crippen LogP contribution in [0.3, 0.4) is 0 Å². The third-order valence-electron chi connectivity index (χ3n) is 4.37. The number of thiazole rings is 1. The maximum Gasteiger partial charge on any atom is 0.410 e. The van der Waals surface area contributed by atoms with Crippen LogP contribution in [0.2, 0.25) is 0 Å². The molecule has 3 rings (SSSR count). The van der Waals surface area contributed by atoms with E-state index in [0.717, 1.165) is 22.8 Å². The third-order valence-corrected chi connectivity index (χ3v) is 5.52. The molecule has 146 valence electrons. The van der Waals surface area contributed by atoms with E-state index in [1.165, 1.54) is 23.5 Å². The van der Waals surface area contributed by atoms with Crippen LogP contribution in [-0.4, -0.2) is 53.2 Å². The largest absolute Gasteiger partial charge is 0.444 e. The first-order chi connectivity index (χ1) is 12.6. The lowest BCUT2D eigenvalue weighted by Gasteiger charge is -2.25. The molecule has 0 N–H and O–H groups in total. The Labute approximate surface area is 161 Å². The highest BCUT2D eigenvalue weighted by atomic mass is 32.1. The number of anilines is 1. The van der Waals surface area contributed by atoms with Crippen molar-refractivity contribution in [3.63, 3.8) is 0 Å². The summed E-state index contributed by atoms with van der Waals surface area (Å²) < 4.78 is 6.36. The Morgan fingerprint density at radius 2 is 2.22 bits per heavy atom. The number of nitro benzene ring substituents is 1. The van der Waals surface area contributed by atoms with E-state index in [4.69, 9.17) is 4.74 Å². The molecule has 1 aliphatic heterocycles. The lowest BCUT2D eigenvalue weighted by atomic mass is 10.1. The van der Waals surface area contributed by atoms with Crippen LogP contribution in [0.25, 0.3) is 10.2 Å². The van der Waals surface area contributed by atoms with Crippen LogP contribution < -0.4 is 4.90 Å². The predicted molar refractivity (Wildman–Crippen MR) is 105 cm³/mol. The molecule has 1 unspecified atom stereocenters. The topological polar surface area (TPSA) is 88.8 Å². The van der Waals surface area contributed by atoms with Crippen LogP contribution in [0.5, 0.6) is 0 Å². The van der Waals surface area contributed by atoms with Crippen molar-refractivity contribution in [1.82, 2.24) is 9.88 Å². The van der Waals surface area contributed by atoms with Gasteiger partial charge in [0.2, 0.25) is 0 Å². The first-order valence-corrected chi connectivity index (χ1v) is 9.68. The van der Waals surface area contributed by atoms with Gasteiger partial charge >= 0.3 is 6.09 Å². The van der Waals surface area contributed by atoms with Gasteiger partial charge in [0, 0.05) is 38.8 Å². The van der Waals surface area contributed by atoms with E-state index in [9.17, 15) is 14.9 Å². The fourth-order valence-corrected chi connectivity index (χ4v) is 4.04. The monoisotopic (exact) mass is 392 g/mol. The van der Waals surface area contributed by atoms with E-state index in [0.29, 0.717) is 24.5 Å². The van der Waals surface area contributed by atoms with Crippen molar-refractivity contribution >= 4 is 38.5 Å². The number of nitrogens with zero attached hydrogens (tertiary/aromatic N) is 4. The Hall–Kier alpha value is -2.42. The number of nitro groups is 1. The normalized spacial score (nSPS) is 17.3. The fourth-order valence-electron chi connectivity index (χ4n) is 3.12. The zero-order valence-corrected chi connectivity index (χ0v) is 16.8. The standard InChI is InChI=1S/C18H24N4O4S/c1-18(2,3)26-17(23)21-8-7-12(11-21)10-20(4)16-19-14-9-13(22(24)25)5-6-15(14)27-16/h5-6,9,12H,7-8,10-11H2,1-4H3. The van der Waals surface area contributed by atoms with Gasteiger partial charge in [0.1, 0.15) is 5.60 Å². The van der Waals surface area contributed by atoms with E-state index in [1.54, 1.807) is 11.0 Å². The summed E-state index contributed by atoms with van der Waals surface area (Å²) in [5, 5.41) is 11.7. The Bertz CT molecular complexity index is 861. The fraction of sp³-hybridized carbons (Fsp3) is 0.556. The zero-order chi connectivity index (χ0) is 19.8. The second kappa shape index (κ2) is 7.30. The number of benzene rings is 1. The van der Waals surface area contributed by atoms with Gasteiger partial charge in [-0.3, -0.25) is 10.1 Å². The number of hydrogen-bond donors (Lipinski definition) is 0. The van der Waals surface area contributed by atoms with Crippen molar-refractivity contribution in [3.05, 3.63) is 28.3 Å². The van der Waals surface area contributed by atoms with Crippen LogP contribution in [0.15, 0.2) is 18.2 Å². The first kappa shape index (κ1) is 19.3. The summed E-state index contributed by atoms with van der Waals surface area (Å²) in [4.78, 5) is 31.0. The maximum absolute atomic E-state index is 12.2. The number of carbonyl (C=O) groups is 1. The smallest absolute Gasteiger partial charge is 0.410 e. The second-order valence-corrected chi connectivity index (χ2v) is 8.88. The second-order valence-electron chi connectivity index (χ2n) is 7.87. The van der Waals surface area contributed by atoms with Crippen LogP contribution in [0.1, 0.15) is 27.2 Å². The van der Waals surface area contributed by atoms with E-state index >= 15 is 0 Å². The predicted octanol–water partition coefficient (Wildman–Crippen LogP) is 3.90. The molecule has 1 aromatic heterocycles. The number of fused-ring (bicyclic) bond motifs is 1. The zero-order valence-electron chi connectivity index (χ0n) is 16.0. The van der Waals surface area contributed by atoms with E-state index in [1.807, 2.05) is 27.8 Å². The number of non-ortho nitro benzene ring substituents is 1. The highest BCUT2D eigenvalue weighted by Crippen LogP contribution is 2.31. The molecule has 27 heavy (non-hydrogen) atoms. The molecule has 1 fully saturated rings. The highest BCUT2D eigenvalue weighted by Gasteiger charge is 2.30. The lowest BCUT2D eigenvalue weighted by Crippen LogP contribution is -2.36. The van der Waals surface area contributed by atoms with Gasteiger partial charge in [-0.1, -0.05) is 11.3 Å². The van der Waals surface area contributed by atoms with E-state index in [-0.39, 0.29) is 11.8 Å². The maximum atomic E-state index is 12.2. The van der Waals surface area contributed by atoms with Gasteiger partial charge in [-0.05, 0) is 39.2 Å². The number of likely N-dealkylation sites (tertiary alicyclic amines) is 1. The average molecular weight is 392 g/mol. The molecule has 8 nitrogen and oxygen atoms in total. The quantitative estimate of drug-likeness (QED) is 0.579. The molecule has 1 aliphatic rings. The summed E-state index contributed by atoms with van der Waals surface area (Å²) >= 11 is 1.51. The molecule has 0 aliphatic carbocycles. The van der Waals surface area contributed by atoms with Gasteiger partial charge in [-0.15, -0.1) is 0 Å². The summed E-state index contributed by atoms with van der Waals surface area (Å²) in [5.74, 6) is 0.337. The van der Waals surface area contributed by atoms with Gasteiger partial charge in [-0.2, -0.15) is 0 Å². The minimum Gasteiger partial charge on any atom is -0.444 e. The average Bonchev–Trinajstić information content (AvgIpc) is 3.18. The van der Waals surface area contributed by atoms with Crippen molar-refractivity contribution < 1.29 is 14.5 Å². The Morgan fingerprint density at radius 1 is 1.48 bits per heavy atom. The number of rotatable bonds is 4. The van der Waals surface area contributed by atoms with Gasteiger partial charge in [0.15, 0.2) is 5.13 Å². The lowest BCUT2D eigenvalue weighted by molar-refractivity contribution is -0.384. The number of hydrogen-bond acceptors (Lipinski definition) is 7. The van der Waals surface area contributed by atoms with Gasteiger partial charge in [0.05, 0.1) is 15.1 Å². The van der Waals surface area contributed by atoms with E-state index < -0.39 is 10.5 Å². The van der Waals surface area contributed by atoms with Crippen LogP contribution >= 0.6 is 11.3 Å². The summed E-state index contributed by atoms with van der Waals surface area (Å²) in [6, 6.07) is 4.74. The molecule has 0 spiro atoms. The van der Waals surface area contributed by atoms with Crippen molar-refractivity contribution in [2.45, 2.75) is 32.8 Å². The van der Waals surface area contributed by atoms with Gasteiger partial charge in [-0.25, -0.2) is 9.78 Å². The van der Waals surface area contributed by atoms with E-state index in [2.05, 4.69) is 9.88 Å². The number of aromatic nitrogens is 1. The third kappa shape index (κ3) is 4.65. The number of carbonyl (C=O) groups excluding carboxylic acids is 1. The molecule has 0 radical (unpaired) electrons. The summed E-state index contributed by atoms with van der Waals surface area (Å²) in [7, 11) is 1.96. The van der Waals surface area contributed by atoms with Crippen LogP contribution in [0.4, 0.5) is 15.6 Å². The van der Waals surface area contributed by atoms with Gasteiger partial charge in [0.25, 0.3) is 5.69 Å². The molecule has 0 bridgehead atoms. The minimum absolute atomic E-state index is 0.0470. The molecule has 1 aromatic carbocycles. The molecule has 2 heterocycles. The molecular formula is C18H24N4O4S. The Morgan fingerprint density at radius 3 is 2.89 bits per heavy atom. The SMILES string of the molecule is CN(CC1CCN(C(=O)OC(C)(C)C)C1)c1nc2cc([N+](=O)[O-])ccc2s1. The van der Waals surface area contributed by atoms with Crippen molar-refractivity contribution in [2.24, 2.45) is 5.92 Å². The molecular weight excluding hydrogens is 368 g/mol. The Balaban J connectivity index is 1.62. The Kier molecular flexibility index (Phi) is 5.23. The first-order valence-electron chi connectivity index (χ1n) is 8.86. The summed E-state index contributed by atoms with van der Waals surface area (Å²) in [6.45, 7) is 7.72. The summed E-state index contributed by atoms with van der Waals surface area (Å²) in [6.07, 6.45) is 0.653.